The first-order valence-corrected chi connectivity index (χ1v) is 10.0. The quantitative estimate of drug-likeness (QED) is 0.219. The molecule has 2 heteroatoms. The van der Waals surface area contributed by atoms with Crippen molar-refractivity contribution in [3.05, 3.63) is 0 Å². The van der Waals surface area contributed by atoms with E-state index in [0.29, 0.717) is 4.83 Å². The summed E-state index contributed by atoms with van der Waals surface area (Å²) >= 11 is 7.16. The van der Waals surface area contributed by atoms with E-state index in [4.69, 9.17) is 0 Å². The number of unbranched alkanes of at least 4 members (excludes halogenated alkanes) is 11. The lowest BCUT2D eigenvalue weighted by molar-refractivity contribution is 0.540. The summed E-state index contributed by atoms with van der Waals surface area (Å²) in [7, 11) is 0. The molecule has 0 saturated heterocycles. The average Bonchev–Trinajstić information content (AvgIpc) is 2.39. The molecule has 18 heavy (non-hydrogen) atoms. The third kappa shape index (κ3) is 15.0. The van der Waals surface area contributed by atoms with Gasteiger partial charge in [0.25, 0.3) is 0 Å². The first-order valence-electron chi connectivity index (χ1n) is 8.01. The highest BCUT2D eigenvalue weighted by Gasteiger charge is 2.00. The van der Waals surface area contributed by atoms with Crippen molar-refractivity contribution in [3.63, 3.8) is 0 Å². The Labute approximate surface area is 132 Å². The molecule has 0 aliphatic rings. The minimum Gasteiger partial charge on any atom is -0.0916 e. The maximum Gasteiger partial charge on any atom is 0.0242 e. The Balaban J connectivity index is 2.94. The van der Waals surface area contributed by atoms with Gasteiger partial charge in [0.2, 0.25) is 0 Å². The predicted molar refractivity (Wildman–Crippen MR) is 92.2 cm³/mol. The smallest absolute Gasteiger partial charge is 0.0242 e. The number of halogens is 2. The van der Waals surface area contributed by atoms with Crippen molar-refractivity contribution in [2.24, 2.45) is 0 Å². The zero-order chi connectivity index (χ0) is 13.5. The van der Waals surface area contributed by atoms with Crippen LogP contribution in [0.2, 0.25) is 0 Å². The second-order valence-corrected chi connectivity index (χ2v) is 7.37. The lowest BCUT2D eigenvalue weighted by atomic mass is 10.0. The highest BCUT2D eigenvalue weighted by molar-refractivity contribution is 9.12. The van der Waals surface area contributed by atoms with Crippen molar-refractivity contribution < 1.29 is 0 Å². The maximum absolute atomic E-state index is 3.66. The summed E-state index contributed by atoms with van der Waals surface area (Å²) in [4.78, 5) is 0.681. The van der Waals surface area contributed by atoms with E-state index in [9.17, 15) is 0 Å². The second-order valence-electron chi connectivity index (χ2n) is 5.43. The Kier molecular flexibility index (Phi) is 16.9. The van der Waals surface area contributed by atoms with Crippen LogP contribution in [0.1, 0.15) is 90.4 Å². The van der Waals surface area contributed by atoms with E-state index < -0.39 is 0 Å². The Morgan fingerprint density at radius 1 is 0.667 bits per heavy atom. The van der Waals surface area contributed by atoms with Crippen LogP contribution >= 0.6 is 31.9 Å². The van der Waals surface area contributed by atoms with Crippen LogP contribution in [0.4, 0.5) is 0 Å². The molecule has 0 aliphatic carbocycles. The first kappa shape index (κ1) is 19.0. The van der Waals surface area contributed by atoms with E-state index in [-0.39, 0.29) is 0 Å². The first-order chi connectivity index (χ1) is 8.81. The van der Waals surface area contributed by atoms with Crippen LogP contribution in [0.15, 0.2) is 0 Å². The molecule has 0 nitrogen and oxygen atoms in total. The van der Waals surface area contributed by atoms with Gasteiger partial charge in [-0.05, 0) is 6.42 Å². The minimum atomic E-state index is 0.681. The van der Waals surface area contributed by atoms with Crippen molar-refractivity contribution in [3.8, 4) is 0 Å². The van der Waals surface area contributed by atoms with Gasteiger partial charge < -0.3 is 0 Å². The zero-order valence-corrected chi connectivity index (χ0v) is 15.4. The fourth-order valence-electron chi connectivity index (χ4n) is 2.28. The highest BCUT2D eigenvalue weighted by Crippen LogP contribution is 2.15. The lowest BCUT2D eigenvalue weighted by Crippen LogP contribution is -1.97. The van der Waals surface area contributed by atoms with E-state index in [0.717, 1.165) is 5.33 Å². The Morgan fingerprint density at radius 2 is 1.06 bits per heavy atom. The number of hydrogen-bond donors (Lipinski definition) is 0. The molecule has 0 aliphatic heterocycles. The van der Waals surface area contributed by atoms with Crippen LogP contribution in [0.5, 0.6) is 0 Å². The molecule has 0 fully saturated rings. The Morgan fingerprint density at radius 3 is 1.44 bits per heavy atom. The van der Waals surface area contributed by atoms with Crippen LogP contribution < -0.4 is 0 Å². The summed E-state index contributed by atoms with van der Waals surface area (Å²) in [5.41, 5.74) is 0. The monoisotopic (exact) mass is 382 g/mol. The summed E-state index contributed by atoms with van der Waals surface area (Å²) < 4.78 is 0. The largest absolute Gasteiger partial charge is 0.0916 e. The summed E-state index contributed by atoms with van der Waals surface area (Å²) in [6.07, 6.45) is 18.6. The topological polar surface area (TPSA) is 0 Å². The molecule has 0 aromatic rings. The second kappa shape index (κ2) is 16.0. The molecule has 0 unspecified atom stereocenters. The summed E-state index contributed by atoms with van der Waals surface area (Å²) in [5, 5.41) is 1.09. The van der Waals surface area contributed by atoms with Gasteiger partial charge in [0.05, 0.1) is 0 Å². The molecular weight excluding hydrogens is 352 g/mol. The molecule has 0 amide bonds. The van der Waals surface area contributed by atoms with Gasteiger partial charge in [-0.1, -0.05) is 116 Å². The van der Waals surface area contributed by atoms with Gasteiger partial charge >= 0.3 is 0 Å². The fraction of sp³-hybridized carbons (Fsp3) is 1.00. The molecule has 0 N–H and O–H groups in total. The molecule has 0 heterocycles. The normalized spacial score (nSPS) is 12.8. The Bertz CT molecular complexity index is 148. The zero-order valence-electron chi connectivity index (χ0n) is 12.2. The molecule has 0 saturated carbocycles. The summed E-state index contributed by atoms with van der Waals surface area (Å²) in [5.74, 6) is 0. The fourth-order valence-corrected chi connectivity index (χ4v) is 2.93. The SMILES string of the molecule is CCCCCCCCCCCCCC[C@@H](Br)CBr. The van der Waals surface area contributed by atoms with Crippen molar-refractivity contribution in [1.29, 1.82) is 0 Å². The van der Waals surface area contributed by atoms with Crippen LogP contribution in [0, 0.1) is 0 Å². The Hall–Kier alpha value is 0.960. The van der Waals surface area contributed by atoms with Gasteiger partial charge in [-0.25, -0.2) is 0 Å². The van der Waals surface area contributed by atoms with E-state index >= 15 is 0 Å². The van der Waals surface area contributed by atoms with E-state index in [1.54, 1.807) is 0 Å². The molecule has 0 spiro atoms. The molecule has 110 valence electrons. The van der Waals surface area contributed by atoms with Crippen molar-refractivity contribution in [2.45, 2.75) is 95.2 Å². The molecule has 0 bridgehead atoms. The van der Waals surface area contributed by atoms with Gasteiger partial charge in [-0.15, -0.1) is 0 Å². The van der Waals surface area contributed by atoms with E-state index in [1.165, 1.54) is 83.5 Å². The predicted octanol–water partition coefficient (Wildman–Crippen LogP) is 7.24. The maximum atomic E-state index is 3.66. The number of hydrogen-bond acceptors (Lipinski definition) is 0. The molecule has 0 aromatic carbocycles. The molecule has 0 aromatic heterocycles. The van der Waals surface area contributed by atoms with Gasteiger partial charge in [0.15, 0.2) is 0 Å². The van der Waals surface area contributed by atoms with Crippen molar-refractivity contribution in [2.75, 3.05) is 5.33 Å². The van der Waals surface area contributed by atoms with Gasteiger partial charge in [-0.2, -0.15) is 0 Å². The third-order valence-corrected chi connectivity index (χ3v) is 5.97. The van der Waals surface area contributed by atoms with Gasteiger partial charge in [0.1, 0.15) is 0 Å². The number of rotatable bonds is 14. The van der Waals surface area contributed by atoms with Crippen LogP contribution in [0.3, 0.4) is 0 Å². The third-order valence-electron chi connectivity index (χ3n) is 3.54. The lowest BCUT2D eigenvalue weighted by Gasteiger charge is -2.05. The highest BCUT2D eigenvalue weighted by atomic mass is 79.9. The van der Waals surface area contributed by atoms with Crippen LogP contribution in [-0.2, 0) is 0 Å². The van der Waals surface area contributed by atoms with Crippen LogP contribution in [-0.4, -0.2) is 10.2 Å². The van der Waals surface area contributed by atoms with E-state index in [2.05, 4.69) is 38.8 Å². The van der Waals surface area contributed by atoms with E-state index in [1.807, 2.05) is 0 Å². The summed E-state index contributed by atoms with van der Waals surface area (Å²) in [6.45, 7) is 2.29. The van der Waals surface area contributed by atoms with Crippen molar-refractivity contribution >= 4 is 31.9 Å². The van der Waals surface area contributed by atoms with Gasteiger partial charge in [0, 0.05) is 10.2 Å². The molecule has 0 radical (unpaired) electrons. The van der Waals surface area contributed by atoms with Crippen LogP contribution in [0.25, 0.3) is 0 Å². The van der Waals surface area contributed by atoms with Crippen molar-refractivity contribution in [1.82, 2.24) is 0 Å². The molecule has 0 rings (SSSR count). The average molecular weight is 384 g/mol. The summed E-state index contributed by atoms with van der Waals surface area (Å²) in [6, 6.07) is 0. The van der Waals surface area contributed by atoms with Gasteiger partial charge in [-0.3, -0.25) is 0 Å². The number of alkyl halides is 2. The standard InChI is InChI=1S/C16H32Br2/c1-2-3-4-5-6-7-8-9-10-11-12-13-14-16(18)15-17/h16H,2-15H2,1H3/t16-/m1/s1. The molecular formula is C16H32Br2. The minimum absolute atomic E-state index is 0.681. The molecule has 1 atom stereocenters.